The van der Waals surface area contributed by atoms with E-state index >= 15 is 0 Å². The van der Waals surface area contributed by atoms with Crippen molar-refractivity contribution in [1.82, 2.24) is 20.0 Å². The van der Waals surface area contributed by atoms with E-state index in [-0.39, 0.29) is 29.4 Å². The molecule has 164 valence electrons. The number of carbonyl (C=O) groups excluding carboxylic acids is 1. The molecule has 2 aliphatic rings. The minimum atomic E-state index is -3.05. The highest BCUT2D eigenvalue weighted by atomic mass is 32.2. The standard InChI is InChI=1S/C20H29N5O3S2/c1-13-14(2)29-19-17(13)18(21-12-22-19)24-8-5-15(6-9-24)20(26)25(23(3)4)16-7-10-30(27,28)11-16/h12,15-16H,5-11H2,1-4H3/t16-/m1/s1. The van der Waals surface area contributed by atoms with Crippen LogP contribution < -0.4 is 4.90 Å². The minimum absolute atomic E-state index is 0.0390. The minimum Gasteiger partial charge on any atom is -0.356 e. The molecule has 2 aromatic rings. The van der Waals surface area contributed by atoms with Gasteiger partial charge in [0.1, 0.15) is 17.0 Å². The van der Waals surface area contributed by atoms with Crippen molar-refractivity contribution in [2.75, 3.05) is 43.6 Å². The van der Waals surface area contributed by atoms with Gasteiger partial charge in [-0.1, -0.05) is 0 Å². The van der Waals surface area contributed by atoms with E-state index in [1.54, 1.807) is 27.7 Å². The number of fused-ring (bicyclic) bond motifs is 1. The van der Waals surface area contributed by atoms with Gasteiger partial charge in [0.15, 0.2) is 9.84 Å². The lowest BCUT2D eigenvalue weighted by Crippen LogP contribution is -2.53. The first kappa shape index (κ1) is 21.5. The molecule has 4 rings (SSSR count). The molecule has 8 nitrogen and oxygen atoms in total. The molecule has 2 aromatic heterocycles. The van der Waals surface area contributed by atoms with Crippen LogP contribution in [-0.4, -0.2) is 79.0 Å². The normalized spacial score (nSPS) is 22.2. The number of nitrogens with zero attached hydrogens (tertiary/aromatic N) is 5. The number of piperidine rings is 1. The average Bonchev–Trinajstić information content (AvgIpc) is 3.20. The summed E-state index contributed by atoms with van der Waals surface area (Å²) in [5, 5.41) is 4.56. The summed E-state index contributed by atoms with van der Waals surface area (Å²) in [7, 11) is 0.586. The summed E-state index contributed by atoms with van der Waals surface area (Å²) in [6, 6.07) is -0.256. The molecule has 2 aliphatic heterocycles. The monoisotopic (exact) mass is 451 g/mol. The zero-order chi connectivity index (χ0) is 21.6. The van der Waals surface area contributed by atoms with Crippen LogP contribution in [0.2, 0.25) is 0 Å². The molecule has 2 fully saturated rings. The van der Waals surface area contributed by atoms with E-state index in [1.165, 1.54) is 10.4 Å². The Morgan fingerprint density at radius 3 is 2.47 bits per heavy atom. The van der Waals surface area contributed by atoms with Gasteiger partial charge in [0.2, 0.25) is 5.91 Å². The van der Waals surface area contributed by atoms with Crippen molar-refractivity contribution in [2.24, 2.45) is 5.92 Å². The van der Waals surface area contributed by atoms with Crippen LogP contribution in [-0.2, 0) is 14.6 Å². The number of hydrazine groups is 1. The Bertz CT molecular complexity index is 1060. The van der Waals surface area contributed by atoms with Crippen molar-refractivity contribution < 1.29 is 13.2 Å². The third kappa shape index (κ3) is 3.92. The second kappa shape index (κ2) is 8.05. The number of hydrogen-bond donors (Lipinski definition) is 0. The number of aromatic nitrogens is 2. The van der Waals surface area contributed by atoms with Crippen LogP contribution in [0, 0.1) is 19.8 Å². The molecule has 30 heavy (non-hydrogen) atoms. The predicted molar refractivity (Wildman–Crippen MR) is 119 cm³/mol. The number of rotatable bonds is 4. The SMILES string of the molecule is Cc1sc2ncnc(N3CCC(C(=O)N([C@@H]4CCS(=O)(=O)C4)N(C)C)CC3)c2c1C. The van der Waals surface area contributed by atoms with Crippen molar-refractivity contribution in [3.63, 3.8) is 0 Å². The van der Waals surface area contributed by atoms with Gasteiger partial charge in [-0.25, -0.2) is 23.4 Å². The zero-order valence-corrected chi connectivity index (χ0v) is 19.6. The van der Waals surface area contributed by atoms with Crippen LogP contribution in [0.4, 0.5) is 5.82 Å². The quantitative estimate of drug-likeness (QED) is 0.657. The zero-order valence-electron chi connectivity index (χ0n) is 18.0. The Balaban J connectivity index is 1.48. The lowest BCUT2D eigenvalue weighted by molar-refractivity contribution is -0.154. The van der Waals surface area contributed by atoms with Gasteiger partial charge in [0.25, 0.3) is 0 Å². The van der Waals surface area contributed by atoms with Gasteiger partial charge >= 0.3 is 0 Å². The molecule has 0 bridgehead atoms. The van der Waals surface area contributed by atoms with Gasteiger partial charge in [-0.3, -0.25) is 9.80 Å². The Labute approximate surface area is 181 Å². The molecule has 0 radical (unpaired) electrons. The number of hydrogen-bond acceptors (Lipinski definition) is 8. The number of thiophene rings is 1. The first-order valence-electron chi connectivity index (χ1n) is 10.3. The maximum atomic E-state index is 13.3. The fourth-order valence-electron chi connectivity index (χ4n) is 4.60. The third-order valence-electron chi connectivity index (χ3n) is 6.30. The van der Waals surface area contributed by atoms with Gasteiger partial charge in [0, 0.05) is 38.0 Å². The fraction of sp³-hybridized carbons (Fsp3) is 0.650. The number of anilines is 1. The van der Waals surface area contributed by atoms with Crippen molar-refractivity contribution in [3.05, 3.63) is 16.8 Å². The smallest absolute Gasteiger partial charge is 0.240 e. The Morgan fingerprint density at radius 1 is 1.17 bits per heavy atom. The maximum absolute atomic E-state index is 13.3. The van der Waals surface area contributed by atoms with Crippen LogP contribution in [0.25, 0.3) is 10.2 Å². The lowest BCUT2D eigenvalue weighted by atomic mass is 9.94. The number of aryl methyl sites for hydroxylation is 2. The molecule has 0 aromatic carbocycles. The average molecular weight is 452 g/mol. The molecule has 0 N–H and O–H groups in total. The van der Waals surface area contributed by atoms with Crippen molar-refractivity contribution in [3.8, 4) is 0 Å². The molecule has 0 saturated carbocycles. The summed E-state index contributed by atoms with van der Waals surface area (Å²) in [5.41, 5.74) is 1.23. The fourth-order valence-corrected chi connectivity index (χ4v) is 7.28. The molecule has 10 heteroatoms. The third-order valence-corrected chi connectivity index (χ3v) is 9.17. The van der Waals surface area contributed by atoms with E-state index in [1.807, 2.05) is 14.1 Å². The highest BCUT2D eigenvalue weighted by Crippen LogP contribution is 2.36. The summed E-state index contributed by atoms with van der Waals surface area (Å²) >= 11 is 1.69. The second-order valence-corrected chi connectivity index (χ2v) is 11.9. The first-order valence-corrected chi connectivity index (χ1v) is 13.0. The summed E-state index contributed by atoms with van der Waals surface area (Å²) in [5.74, 6) is 1.12. The Hall–Kier alpha value is -1.78. The van der Waals surface area contributed by atoms with Crippen LogP contribution >= 0.6 is 11.3 Å². The molecule has 0 unspecified atom stereocenters. The maximum Gasteiger partial charge on any atom is 0.240 e. The highest BCUT2D eigenvalue weighted by Gasteiger charge is 2.39. The van der Waals surface area contributed by atoms with Gasteiger partial charge in [-0.2, -0.15) is 0 Å². The lowest BCUT2D eigenvalue weighted by Gasteiger charge is -2.39. The van der Waals surface area contributed by atoms with E-state index in [4.69, 9.17) is 0 Å². The summed E-state index contributed by atoms with van der Waals surface area (Å²) < 4.78 is 23.9. The van der Waals surface area contributed by atoms with Crippen molar-refractivity contribution in [2.45, 2.75) is 39.2 Å². The second-order valence-electron chi connectivity index (χ2n) is 8.51. The molecular weight excluding hydrogens is 422 g/mol. The first-order chi connectivity index (χ1) is 14.2. The molecular formula is C20H29N5O3S2. The number of carbonyl (C=O) groups is 1. The van der Waals surface area contributed by atoms with Crippen LogP contribution in [0.15, 0.2) is 6.33 Å². The molecule has 1 amide bonds. The molecule has 1 atom stereocenters. The summed E-state index contributed by atoms with van der Waals surface area (Å²) in [4.78, 5) is 26.8. The van der Waals surface area contributed by atoms with Gasteiger partial charge in [-0.15, -0.1) is 11.3 Å². The molecule has 2 saturated heterocycles. The number of sulfone groups is 1. The molecule has 4 heterocycles. The largest absolute Gasteiger partial charge is 0.356 e. The Morgan fingerprint density at radius 2 is 1.87 bits per heavy atom. The van der Waals surface area contributed by atoms with Gasteiger partial charge < -0.3 is 4.90 Å². The van der Waals surface area contributed by atoms with E-state index in [9.17, 15) is 13.2 Å². The van der Waals surface area contributed by atoms with Crippen molar-refractivity contribution >= 4 is 43.1 Å². The van der Waals surface area contributed by atoms with Gasteiger partial charge in [-0.05, 0) is 38.7 Å². The van der Waals surface area contributed by atoms with Crippen LogP contribution in [0.1, 0.15) is 29.7 Å². The summed E-state index contributed by atoms with van der Waals surface area (Å²) in [6.07, 6.45) is 3.60. The van der Waals surface area contributed by atoms with E-state index in [0.29, 0.717) is 6.42 Å². The van der Waals surface area contributed by atoms with E-state index in [0.717, 1.165) is 42.0 Å². The molecule has 0 spiro atoms. The molecule has 0 aliphatic carbocycles. The van der Waals surface area contributed by atoms with Crippen LogP contribution in [0.5, 0.6) is 0 Å². The number of amides is 1. The predicted octanol–water partition coefficient (Wildman–Crippen LogP) is 2.02. The topological polar surface area (TPSA) is 86.7 Å². The van der Waals surface area contributed by atoms with Crippen LogP contribution in [0.3, 0.4) is 0 Å². The van der Waals surface area contributed by atoms with Gasteiger partial charge in [0.05, 0.1) is 22.9 Å². The van der Waals surface area contributed by atoms with E-state index in [2.05, 4.69) is 28.7 Å². The van der Waals surface area contributed by atoms with E-state index < -0.39 is 9.84 Å². The van der Waals surface area contributed by atoms with Crippen molar-refractivity contribution in [1.29, 1.82) is 0 Å². The highest BCUT2D eigenvalue weighted by molar-refractivity contribution is 7.91. The Kier molecular flexibility index (Phi) is 5.75. The summed E-state index contributed by atoms with van der Waals surface area (Å²) in [6.45, 7) is 5.72.